The third-order valence-electron chi connectivity index (χ3n) is 5.90. The minimum Gasteiger partial charge on any atom is -0.497 e. The molecule has 2 aromatic rings. The first-order valence-electron chi connectivity index (χ1n) is 11.4. The quantitative estimate of drug-likeness (QED) is 0.456. The van der Waals surface area contributed by atoms with E-state index in [-0.39, 0.29) is 23.8 Å². The third kappa shape index (κ3) is 7.60. The number of methoxy groups -OCH3 is 2. The number of benzene rings is 2. The molecule has 4 amide bonds. The molecule has 0 aromatic heterocycles. The Morgan fingerprint density at radius 2 is 1.80 bits per heavy atom. The van der Waals surface area contributed by atoms with E-state index in [0.29, 0.717) is 61.1 Å². The zero-order valence-electron chi connectivity index (χ0n) is 19.9. The number of anilines is 1. The molecule has 188 valence electrons. The third-order valence-corrected chi connectivity index (χ3v) is 6.14. The Labute approximate surface area is 210 Å². The molecule has 0 saturated carbocycles. The van der Waals surface area contributed by atoms with Gasteiger partial charge in [0.05, 0.1) is 13.7 Å². The van der Waals surface area contributed by atoms with E-state index < -0.39 is 6.04 Å². The van der Waals surface area contributed by atoms with Gasteiger partial charge in [0.15, 0.2) is 0 Å². The number of hydrogen-bond acceptors (Lipinski definition) is 5. The summed E-state index contributed by atoms with van der Waals surface area (Å²) < 4.78 is 10.2. The van der Waals surface area contributed by atoms with Crippen molar-refractivity contribution >= 4 is 35.1 Å². The number of likely N-dealkylation sites (tertiary alicyclic amines) is 1. The standard InChI is InChI=1S/C25H31ClN4O5/c1-34-15-12-27-24(32)22(29-23(31)18-6-8-21(35-2)9-7-18)17-10-13-30(14-11-17)25(33)28-20-5-3-4-19(26)16-20/h3-9,16-17,22H,10-15H2,1-2H3,(H,27,32)(H,28,33)(H,29,31)/t22-/m0/s1. The number of halogens is 1. The van der Waals surface area contributed by atoms with E-state index in [2.05, 4.69) is 16.0 Å². The van der Waals surface area contributed by atoms with Crippen molar-refractivity contribution in [1.82, 2.24) is 15.5 Å². The topological polar surface area (TPSA) is 109 Å². The molecule has 0 aliphatic carbocycles. The van der Waals surface area contributed by atoms with Gasteiger partial charge in [-0.25, -0.2) is 4.79 Å². The number of nitrogens with zero attached hydrogens (tertiary/aromatic N) is 1. The van der Waals surface area contributed by atoms with Gasteiger partial charge in [0, 0.05) is 43.0 Å². The summed E-state index contributed by atoms with van der Waals surface area (Å²) in [6, 6.07) is 12.7. The lowest BCUT2D eigenvalue weighted by Gasteiger charge is -2.35. The Kier molecular flexibility index (Phi) is 9.75. The number of ether oxygens (including phenoxy) is 2. The first-order valence-corrected chi connectivity index (χ1v) is 11.8. The fourth-order valence-corrected chi connectivity index (χ4v) is 4.15. The molecule has 2 aromatic carbocycles. The van der Waals surface area contributed by atoms with Crippen molar-refractivity contribution in [2.75, 3.05) is 45.8 Å². The Bertz CT molecular complexity index is 1010. The van der Waals surface area contributed by atoms with Crippen molar-refractivity contribution in [1.29, 1.82) is 0 Å². The minimum atomic E-state index is -0.736. The van der Waals surface area contributed by atoms with E-state index in [4.69, 9.17) is 21.1 Å². The predicted molar refractivity (Wildman–Crippen MR) is 134 cm³/mol. The Morgan fingerprint density at radius 3 is 2.43 bits per heavy atom. The van der Waals surface area contributed by atoms with Gasteiger partial charge in [0.1, 0.15) is 11.8 Å². The van der Waals surface area contributed by atoms with E-state index >= 15 is 0 Å². The largest absolute Gasteiger partial charge is 0.497 e. The number of carbonyl (C=O) groups excluding carboxylic acids is 3. The van der Waals surface area contributed by atoms with Crippen molar-refractivity contribution < 1.29 is 23.9 Å². The van der Waals surface area contributed by atoms with Gasteiger partial charge in [0.2, 0.25) is 5.91 Å². The molecule has 0 bridgehead atoms. The van der Waals surface area contributed by atoms with Crippen LogP contribution in [0.25, 0.3) is 0 Å². The number of rotatable bonds is 9. The first kappa shape index (κ1) is 26.3. The molecule has 1 heterocycles. The Morgan fingerprint density at radius 1 is 1.09 bits per heavy atom. The van der Waals surface area contributed by atoms with Crippen LogP contribution in [0.1, 0.15) is 23.2 Å². The summed E-state index contributed by atoms with van der Waals surface area (Å²) in [6.07, 6.45) is 1.13. The van der Waals surface area contributed by atoms with Gasteiger partial charge in [-0.2, -0.15) is 0 Å². The second-order valence-corrected chi connectivity index (χ2v) is 8.66. The highest BCUT2D eigenvalue weighted by Gasteiger charge is 2.34. The van der Waals surface area contributed by atoms with E-state index in [1.807, 2.05) is 0 Å². The monoisotopic (exact) mass is 502 g/mol. The average molecular weight is 503 g/mol. The van der Waals surface area contributed by atoms with Crippen molar-refractivity contribution in [3.05, 3.63) is 59.1 Å². The SMILES string of the molecule is COCCNC(=O)[C@@H](NC(=O)c1ccc(OC)cc1)C1CCN(C(=O)Nc2cccc(Cl)c2)CC1. The van der Waals surface area contributed by atoms with Crippen molar-refractivity contribution in [3.8, 4) is 5.75 Å². The van der Waals surface area contributed by atoms with E-state index in [0.717, 1.165) is 0 Å². The van der Waals surface area contributed by atoms with Gasteiger partial charge in [-0.15, -0.1) is 0 Å². The predicted octanol–water partition coefficient (Wildman–Crippen LogP) is 3.15. The van der Waals surface area contributed by atoms with Gasteiger partial charge in [-0.3, -0.25) is 9.59 Å². The summed E-state index contributed by atoms with van der Waals surface area (Å²) in [5.41, 5.74) is 1.05. The molecule has 0 unspecified atom stereocenters. The van der Waals surface area contributed by atoms with Gasteiger partial charge in [-0.1, -0.05) is 17.7 Å². The van der Waals surface area contributed by atoms with Gasteiger partial charge >= 0.3 is 6.03 Å². The Hall–Kier alpha value is -3.30. The molecule has 1 atom stereocenters. The molecule has 1 fully saturated rings. The van der Waals surface area contributed by atoms with E-state index in [9.17, 15) is 14.4 Å². The van der Waals surface area contributed by atoms with Crippen molar-refractivity contribution in [2.24, 2.45) is 5.92 Å². The van der Waals surface area contributed by atoms with Crippen LogP contribution in [0.3, 0.4) is 0 Å². The highest BCUT2D eigenvalue weighted by molar-refractivity contribution is 6.30. The zero-order valence-corrected chi connectivity index (χ0v) is 20.6. The molecule has 1 aliphatic rings. The van der Waals surface area contributed by atoms with Crippen molar-refractivity contribution in [3.63, 3.8) is 0 Å². The van der Waals surface area contributed by atoms with Gasteiger partial charge in [-0.05, 0) is 61.2 Å². The number of nitrogens with one attached hydrogen (secondary N) is 3. The molecule has 0 radical (unpaired) electrons. The summed E-state index contributed by atoms with van der Waals surface area (Å²) in [5, 5.41) is 9.10. The number of amides is 4. The average Bonchev–Trinajstić information content (AvgIpc) is 2.87. The normalized spacial score (nSPS) is 14.7. The Balaban J connectivity index is 1.63. The van der Waals surface area contributed by atoms with Crippen LogP contribution in [0.5, 0.6) is 5.75 Å². The van der Waals surface area contributed by atoms with Crippen molar-refractivity contribution in [2.45, 2.75) is 18.9 Å². The summed E-state index contributed by atoms with van der Waals surface area (Å²) >= 11 is 5.99. The molecule has 35 heavy (non-hydrogen) atoms. The molecule has 3 rings (SSSR count). The van der Waals surface area contributed by atoms with Crippen LogP contribution in [0.2, 0.25) is 5.02 Å². The lowest BCUT2D eigenvalue weighted by molar-refractivity contribution is -0.124. The number of carbonyl (C=O) groups is 3. The second-order valence-electron chi connectivity index (χ2n) is 8.23. The second kappa shape index (κ2) is 13.0. The number of urea groups is 1. The molecule has 9 nitrogen and oxygen atoms in total. The maximum atomic E-state index is 13.0. The first-order chi connectivity index (χ1) is 16.9. The molecule has 0 spiro atoms. The zero-order chi connectivity index (χ0) is 25.2. The van der Waals surface area contributed by atoms with Crippen LogP contribution < -0.4 is 20.7 Å². The summed E-state index contributed by atoms with van der Waals surface area (Å²) in [4.78, 5) is 40.2. The molecule has 1 saturated heterocycles. The lowest BCUT2D eigenvalue weighted by atomic mass is 9.88. The van der Waals surface area contributed by atoms with E-state index in [1.54, 1.807) is 67.7 Å². The van der Waals surface area contributed by atoms with Crippen LogP contribution in [-0.2, 0) is 9.53 Å². The van der Waals surface area contributed by atoms with Gasteiger partial charge in [0.25, 0.3) is 5.91 Å². The highest BCUT2D eigenvalue weighted by Crippen LogP contribution is 2.23. The minimum absolute atomic E-state index is 0.130. The number of hydrogen-bond donors (Lipinski definition) is 3. The maximum Gasteiger partial charge on any atom is 0.321 e. The molecule has 1 aliphatic heterocycles. The number of piperidine rings is 1. The van der Waals surface area contributed by atoms with Crippen LogP contribution in [0, 0.1) is 5.92 Å². The smallest absolute Gasteiger partial charge is 0.321 e. The fraction of sp³-hybridized carbons (Fsp3) is 0.400. The summed E-state index contributed by atoms with van der Waals surface area (Å²) in [6.45, 7) is 1.62. The van der Waals surface area contributed by atoms with Crippen LogP contribution in [0.4, 0.5) is 10.5 Å². The lowest BCUT2D eigenvalue weighted by Crippen LogP contribution is -2.54. The maximum absolute atomic E-state index is 13.0. The molecule has 3 N–H and O–H groups in total. The highest BCUT2D eigenvalue weighted by atomic mass is 35.5. The van der Waals surface area contributed by atoms with Crippen LogP contribution >= 0.6 is 11.6 Å². The fourth-order valence-electron chi connectivity index (χ4n) is 3.96. The molecular weight excluding hydrogens is 472 g/mol. The molecular formula is C25H31ClN4O5. The summed E-state index contributed by atoms with van der Waals surface area (Å²) in [5.74, 6) is -0.111. The van der Waals surface area contributed by atoms with Crippen LogP contribution in [0.15, 0.2) is 48.5 Å². The summed E-state index contributed by atoms with van der Waals surface area (Å²) in [7, 11) is 3.11. The van der Waals surface area contributed by atoms with Crippen LogP contribution in [-0.4, -0.2) is 69.2 Å². The molecule has 10 heteroatoms. The van der Waals surface area contributed by atoms with E-state index in [1.165, 1.54) is 0 Å². The van der Waals surface area contributed by atoms with Gasteiger partial charge < -0.3 is 30.3 Å².